The van der Waals surface area contributed by atoms with Crippen molar-refractivity contribution in [2.45, 2.75) is 165 Å². The molecule has 2 fully saturated rings. The van der Waals surface area contributed by atoms with Crippen LogP contribution in [-0.4, -0.2) is 152 Å². The lowest BCUT2D eigenvalue weighted by Gasteiger charge is -2.46. The average Bonchev–Trinajstić information content (AvgIpc) is 3.03. The first-order chi connectivity index (χ1) is 23.2. The van der Waals surface area contributed by atoms with Gasteiger partial charge in [0, 0.05) is 13.8 Å². The van der Waals surface area contributed by atoms with E-state index in [1.165, 1.54) is 0 Å². The molecule has 0 bridgehead atoms. The molecule has 17 heteroatoms. The van der Waals surface area contributed by atoms with Crippen LogP contribution in [0.4, 0.5) is 0 Å². The van der Waals surface area contributed by atoms with Crippen LogP contribution < -0.4 is 0 Å². The molecule has 12 atom stereocenters. The lowest BCUT2D eigenvalue weighted by Crippen LogP contribution is -2.65. The quantitative estimate of drug-likeness (QED) is 0.0479. The Morgan fingerprint density at radius 3 is 1.61 bits per heavy atom. The van der Waals surface area contributed by atoms with E-state index >= 15 is 0 Å². The van der Waals surface area contributed by atoms with E-state index in [0.717, 1.165) is 71.6 Å². The lowest BCUT2D eigenvalue weighted by molar-refractivity contribution is -0.360. The SMILES string of the molecule is CC(=O)OCC1OC(OC2C(COC(C)=O)OC(OCC(O)CCCCCCCCCCCC(O)CC(=O)O)C(O)C2O)C(O)C(O)C1O. The Morgan fingerprint density at radius 2 is 1.08 bits per heavy atom. The number of carbonyl (C=O) groups is 3. The first kappa shape index (κ1) is 43.1. The molecule has 2 rings (SSSR count). The van der Waals surface area contributed by atoms with Crippen molar-refractivity contribution in [1.82, 2.24) is 0 Å². The Labute approximate surface area is 286 Å². The van der Waals surface area contributed by atoms with E-state index in [4.69, 9.17) is 33.5 Å². The second-order valence-corrected chi connectivity index (χ2v) is 12.7. The van der Waals surface area contributed by atoms with Gasteiger partial charge in [-0.1, -0.05) is 57.8 Å². The molecule has 17 nitrogen and oxygen atoms in total. The molecule has 0 radical (unpaired) electrons. The summed E-state index contributed by atoms with van der Waals surface area (Å²) in [5.41, 5.74) is 0. The smallest absolute Gasteiger partial charge is 0.305 e. The molecule has 0 amide bonds. The maximum atomic E-state index is 11.5. The molecule has 12 unspecified atom stereocenters. The molecule has 2 heterocycles. The monoisotopic (exact) mass is 712 g/mol. The molecule has 0 aromatic heterocycles. The minimum absolute atomic E-state index is 0.221. The highest BCUT2D eigenvalue weighted by atomic mass is 16.7. The average molecular weight is 713 g/mol. The summed E-state index contributed by atoms with van der Waals surface area (Å²) in [4.78, 5) is 33.3. The van der Waals surface area contributed by atoms with E-state index < -0.39 is 105 Å². The zero-order valence-corrected chi connectivity index (χ0v) is 28.3. The largest absolute Gasteiger partial charge is 0.481 e. The lowest BCUT2D eigenvalue weighted by atomic mass is 9.97. The molecule has 0 aromatic carbocycles. The maximum absolute atomic E-state index is 11.5. The van der Waals surface area contributed by atoms with E-state index in [1.807, 2.05) is 0 Å². The summed E-state index contributed by atoms with van der Waals surface area (Å²) < 4.78 is 32.4. The van der Waals surface area contributed by atoms with Crippen LogP contribution >= 0.6 is 0 Å². The number of rotatable bonds is 23. The number of carbonyl (C=O) groups excluding carboxylic acids is 2. The van der Waals surface area contributed by atoms with Crippen LogP contribution in [0.25, 0.3) is 0 Å². The summed E-state index contributed by atoms with van der Waals surface area (Å²) >= 11 is 0. The third-order valence-corrected chi connectivity index (χ3v) is 8.44. The fourth-order valence-electron chi connectivity index (χ4n) is 5.66. The first-order valence-corrected chi connectivity index (χ1v) is 17.0. The van der Waals surface area contributed by atoms with Gasteiger partial charge in [-0.3, -0.25) is 14.4 Å². The number of aliphatic carboxylic acids is 1. The summed E-state index contributed by atoms with van der Waals surface area (Å²) in [6, 6.07) is 0. The summed E-state index contributed by atoms with van der Waals surface area (Å²) in [6.45, 7) is 1.10. The van der Waals surface area contributed by atoms with Gasteiger partial charge in [-0.2, -0.15) is 0 Å². The van der Waals surface area contributed by atoms with Gasteiger partial charge in [0.25, 0.3) is 0 Å². The van der Waals surface area contributed by atoms with Gasteiger partial charge in [0.05, 0.1) is 25.2 Å². The zero-order chi connectivity index (χ0) is 36.5. The molecule has 0 aromatic rings. The molecular formula is C32H56O17. The highest BCUT2D eigenvalue weighted by Crippen LogP contribution is 2.30. The van der Waals surface area contributed by atoms with Gasteiger partial charge in [0.1, 0.15) is 62.0 Å². The summed E-state index contributed by atoms with van der Waals surface area (Å²) in [7, 11) is 0. The maximum Gasteiger partial charge on any atom is 0.305 e. The number of carboxylic acids is 1. The second kappa shape index (κ2) is 22.7. The number of aliphatic hydroxyl groups is 7. The molecule has 2 aliphatic rings. The number of aliphatic hydroxyl groups excluding tert-OH is 7. The van der Waals surface area contributed by atoms with E-state index in [9.17, 15) is 50.1 Å². The normalized spacial score (nSPS) is 31.5. The van der Waals surface area contributed by atoms with Crippen LogP contribution in [-0.2, 0) is 42.8 Å². The number of hydrogen-bond acceptors (Lipinski definition) is 16. The van der Waals surface area contributed by atoms with E-state index in [2.05, 4.69) is 0 Å². The first-order valence-electron chi connectivity index (χ1n) is 17.0. The van der Waals surface area contributed by atoms with Crippen molar-refractivity contribution in [3.8, 4) is 0 Å². The third-order valence-electron chi connectivity index (χ3n) is 8.44. The van der Waals surface area contributed by atoms with Crippen molar-refractivity contribution >= 4 is 17.9 Å². The molecule has 0 aliphatic carbocycles. The summed E-state index contributed by atoms with van der Waals surface area (Å²) in [5.74, 6) is -2.36. The van der Waals surface area contributed by atoms with E-state index in [-0.39, 0.29) is 13.0 Å². The van der Waals surface area contributed by atoms with Gasteiger partial charge in [0.2, 0.25) is 0 Å². The molecule has 0 spiro atoms. The van der Waals surface area contributed by atoms with Gasteiger partial charge in [-0.05, 0) is 12.8 Å². The van der Waals surface area contributed by atoms with Gasteiger partial charge in [-0.15, -0.1) is 0 Å². The molecule has 49 heavy (non-hydrogen) atoms. The number of carboxylic acid groups (broad SMARTS) is 1. The molecular weight excluding hydrogens is 656 g/mol. The minimum Gasteiger partial charge on any atom is -0.481 e. The Kier molecular flexibility index (Phi) is 20.0. The highest BCUT2D eigenvalue weighted by molar-refractivity contribution is 5.67. The van der Waals surface area contributed by atoms with Crippen LogP contribution in [0, 0.1) is 0 Å². The van der Waals surface area contributed by atoms with Crippen molar-refractivity contribution < 1.29 is 83.7 Å². The van der Waals surface area contributed by atoms with Crippen LogP contribution in [0.5, 0.6) is 0 Å². The van der Waals surface area contributed by atoms with Gasteiger partial charge in [-0.25, -0.2) is 0 Å². The minimum atomic E-state index is -1.82. The van der Waals surface area contributed by atoms with Crippen LogP contribution in [0.2, 0.25) is 0 Å². The van der Waals surface area contributed by atoms with E-state index in [0.29, 0.717) is 12.8 Å². The fraction of sp³-hybridized carbons (Fsp3) is 0.906. The standard InChI is InChI=1S/C32H56O17/c1-18(33)44-16-22-25(39)26(40)28(42)32(47-22)49-30-23(17-45-19(2)34)48-31(29(43)27(30)41)46-15-21(36)13-11-9-7-5-3-4-6-8-10-12-20(35)14-24(37)38/h20-23,25-32,35-36,39-43H,3-17H2,1-2H3,(H,37,38). The number of unbranched alkanes of at least 4 members (excludes halogenated alkanes) is 8. The van der Waals surface area contributed by atoms with Crippen molar-refractivity contribution in [3.05, 3.63) is 0 Å². The topological polar surface area (TPSA) is 268 Å². The summed E-state index contributed by atoms with van der Waals surface area (Å²) in [5, 5.41) is 81.4. The number of ether oxygens (including phenoxy) is 6. The van der Waals surface area contributed by atoms with Crippen LogP contribution in [0.3, 0.4) is 0 Å². The fourth-order valence-corrected chi connectivity index (χ4v) is 5.66. The summed E-state index contributed by atoms with van der Waals surface area (Å²) in [6.07, 6.45) is -8.36. The Morgan fingerprint density at radius 1 is 0.612 bits per heavy atom. The van der Waals surface area contributed by atoms with Gasteiger partial charge < -0.3 is 69.3 Å². The third kappa shape index (κ3) is 15.8. The molecule has 286 valence electrons. The van der Waals surface area contributed by atoms with Crippen molar-refractivity contribution in [1.29, 1.82) is 0 Å². The zero-order valence-electron chi connectivity index (χ0n) is 28.3. The van der Waals surface area contributed by atoms with Crippen molar-refractivity contribution in [2.75, 3.05) is 19.8 Å². The molecule has 2 saturated heterocycles. The number of hydrogen-bond donors (Lipinski definition) is 8. The Balaban J connectivity index is 1.77. The van der Waals surface area contributed by atoms with Crippen LogP contribution in [0.1, 0.15) is 90.9 Å². The molecule has 2 aliphatic heterocycles. The Bertz CT molecular complexity index is 968. The van der Waals surface area contributed by atoms with Crippen molar-refractivity contribution in [3.63, 3.8) is 0 Å². The molecule has 8 N–H and O–H groups in total. The Hall–Kier alpha value is -2.03. The van der Waals surface area contributed by atoms with Crippen molar-refractivity contribution in [2.24, 2.45) is 0 Å². The van der Waals surface area contributed by atoms with Gasteiger partial charge >= 0.3 is 17.9 Å². The highest BCUT2D eigenvalue weighted by Gasteiger charge is 2.51. The van der Waals surface area contributed by atoms with Crippen LogP contribution in [0.15, 0.2) is 0 Å². The predicted molar refractivity (Wildman–Crippen MR) is 167 cm³/mol. The molecule has 0 saturated carbocycles. The number of esters is 2. The predicted octanol–water partition coefficient (Wildman–Crippen LogP) is -0.744. The van der Waals surface area contributed by atoms with E-state index in [1.54, 1.807) is 0 Å². The second-order valence-electron chi connectivity index (χ2n) is 12.7. The van der Waals surface area contributed by atoms with Gasteiger partial charge in [0.15, 0.2) is 12.6 Å².